The van der Waals surface area contributed by atoms with E-state index in [-0.39, 0.29) is 62.2 Å². The van der Waals surface area contributed by atoms with Gasteiger partial charge in [0.15, 0.2) is 0 Å². The molecule has 32 heteroatoms. The molecule has 0 radical (unpaired) electrons. The monoisotopic (exact) mass is 1060 g/mol. The first-order chi connectivity index (χ1) is 12.0. The molecule has 0 bridgehead atoms. The molecule has 0 N–H and O–H groups in total. The predicted molar refractivity (Wildman–Crippen MR) is 52.3 cm³/mol. The molecule has 0 saturated carbocycles. The maximum absolute atomic E-state index is 10.1. The third-order valence-electron chi connectivity index (χ3n) is 0. The zero-order chi connectivity index (χ0) is 27.0. The van der Waals surface area contributed by atoms with Crippen LogP contribution in [0.15, 0.2) is 0 Å². The van der Waals surface area contributed by atoms with Crippen LogP contribution in [0.4, 0.5) is 25.2 Å². The van der Waals surface area contributed by atoms with Crippen molar-refractivity contribution in [1.29, 1.82) is 0 Å². The zero-order valence-corrected chi connectivity index (χ0v) is 27.0. The van der Waals surface area contributed by atoms with E-state index < -0.39 is 47.4 Å². The van der Waals surface area contributed by atoms with Gasteiger partial charge in [-0.15, -0.1) is 0 Å². The molecule has 18 nitrogen and oxygen atoms in total. The predicted octanol–water partition coefficient (Wildman–Crippen LogP) is -7.29. The molecule has 0 fully saturated rings. The Morgan fingerprint density at radius 1 is 0.281 bits per heavy atom. The molecule has 0 aromatic carbocycles. The normalized spacial score (nSPS) is 11.1. The molecular weight excluding hydrogens is 1060 g/mol. The summed E-state index contributed by atoms with van der Waals surface area (Å²) in [5.41, 5.74) is 0. The van der Waals surface area contributed by atoms with Gasteiger partial charge in [0.1, 0.15) is 47.4 Å². The summed E-state index contributed by atoms with van der Waals surface area (Å²) in [5, 5.41) is 0. The summed E-state index contributed by atoms with van der Waals surface area (Å²) in [6.45, 7) is 0. The standard InChI is InChI=1S/6FH2O3P.2U/c6*1-5(2,3)4;;/h6*(H2,2,3,4);;/q;;;;;;2*+6/p-12. The molecule has 0 amide bonds. The second kappa shape index (κ2) is 24.0. The summed E-state index contributed by atoms with van der Waals surface area (Å²) >= 11 is 0. The Bertz CT molecular complexity index is 484. The minimum Gasteiger partial charge on any atom is -0.786 e. The van der Waals surface area contributed by atoms with E-state index in [1.165, 1.54) is 0 Å². The van der Waals surface area contributed by atoms with Crippen molar-refractivity contribution in [3.8, 4) is 0 Å². The Hall–Kier alpha value is 2.58. The molecule has 0 rings (SSSR count). The average Bonchev–Trinajstić information content (AvgIpc) is 1.94. The molecule has 0 aliphatic rings. The Morgan fingerprint density at radius 2 is 0.281 bits per heavy atom. The van der Waals surface area contributed by atoms with Gasteiger partial charge in [-0.05, 0) is 0 Å². The van der Waals surface area contributed by atoms with Crippen LogP contribution in [0.3, 0.4) is 0 Å². The fraction of sp³-hybridized carbons (Fsp3) is 0. The first-order valence-electron chi connectivity index (χ1n) is 4.30. The van der Waals surface area contributed by atoms with Crippen molar-refractivity contribution in [2.45, 2.75) is 0 Å². The SMILES string of the molecule is O=P([O-])([O-])F.O=P([O-])([O-])F.O=P([O-])([O-])F.O=P([O-])([O-])F.O=P([O-])([O-])F.O=P([O-])([O-])F.[U+6].[U+6]. The Labute approximate surface area is 219 Å². The first kappa shape index (κ1) is 55.2. The molecule has 0 aromatic heterocycles. The summed E-state index contributed by atoms with van der Waals surface area (Å²) in [7, 11) is -33.8. The minimum absolute atomic E-state index is 0. The zero-order valence-electron chi connectivity index (χ0n) is 13.3. The first-order valence-corrected chi connectivity index (χ1v) is 12.9. The van der Waals surface area contributed by atoms with Gasteiger partial charge in [0, 0.05) is 0 Å². The van der Waals surface area contributed by atoms with Crippen LogP contribution in [0.1, 0.15) is 0 Å². The van der Waals surface area contributed by atoms with E-state index in [1.54, 1.807) is 0 Å². The van der Waals surface area contributed by atoms with Gasteiger partial charge in [0.2, 0.25) is 0 Å². The van der Waals surface area contributed by atoms with E-state index in [4.69, 9.17) is 86.1 Å². The van der Waals surface area contributed by atoms with Gasteiger partial charge in [0.05, 0.1) is 0 Å². The second-order valence-corrected chi connectivity index (χ2v) is 7.75. The fourth-order valence-corrected chi connectivity index (χ4v) is 0. The van der Waals surface area contributed by atoms with E-state index >= 15 is 0 Å². The molecule has 188 valence electrons. The van der Waals surface area contributed by atoms with E-state index in [1.807, 2.05) is 0 Å². The molecule has 0 spiro atoms. The molecule has 32 heavy (non-hydrogen) atoms. The van der Waals surface area contributed by atoms with Crippen molar-refractivity contribution in [3.05, 3.63) is 0 Å². The second-order valence-electron chi connectivity index (χ2n) is 2.58. The van der Waals surface area contributed by atoms with Crippen LogP contribution in [0.2, 0.25) is 0 Å². The van der Waals surface area contributed by atoms with Gasteiger partial charge in [-0.25, -0.2) is 25.2 Å². The summed E-state index contributed by atoms with van der Waals surface area (Å²) < 4.78 is 111. The van der Waals surface area contributed by atoms with Crippen molar-refractivity contribution < 1.29 is 174 Å². The van der Waals surface area contributed by atoms with Crippen LogP contribution < -0.4 is 58.7 Å². The Morgan fingerprint density at radius 3 is 0.281 bits per heavy atom. The summed E-state index contributed by atoms with van der Waals surface area (Å²) in [5.74, 6) is 0. The van der Waals surface area contributed by atoms with Crippen LogP contribution in [0, 0.1) is 62.2 Å². The number of hydrogen-bond donors (Lipinski definition) is 0. The Balaban J connectivity index is -0.0000000356. The average molecular weight is 1060 g/mol. The number of rotatable bonds is 0. The quantitative estimate of drug-likeness (QED) is 0.161. The van der Waals surface area contributed by atoms with Gasteiger partial charge in [-0.2, -0.15) is 0 Å². The van der Waals surface area contributed by atoms with Crippen LogP contribution in [0.25, 0.3) is 0 Å². The third kappa shape index (κ3) is 4870. The van der Waals surface area contributed by atoms with Crippen molar-refractivity contribution >= 4 is 47.4 Å². The maximum atomic E-state index is 10.1. The van der Waals surface area contributed by atoms with E-state index in [9.17, 15) is 25.2 Å². The van der Waals surface area contributed by atoms with Crippen LogP contribution in [0.5, 0.6) is 0 Å². The van der Waals surface area contributed by atoms with Crippen LogP contribution in [-0.2, 0) is 27.4 Å². The smallest absolute Gasteiger partial charge is 0.786 e. The molecule has 0 unspecified atom stereocenters. The van der Waals surface area contributed by atoms with Crippen LogP contribution >= 0.6 is 47.4 Å². The van der Waals surface area contributed by atoms with Crippen molar-refractivity contribution in [2.75, 3.05) is 0 Å². The topological polar surface area (TPSA) is 379 Å². The number of hydrogen-bond acceptors (Lipinski definition) is 18. The fourth-order valence-electron chi connectivity index (χ4n) is 0. The summed E-state index contributed by atoms with van der Waals surface area (Å²) in [4.78, 5) is 101. The summed E-state index contributed by atoms with van der Waals surface area (Å²) in [6, 6.07) is 0. The van der Waals surface area contributed by atoms with Crippen LogP contribution in [-0.4, -0.2) is 0 Å². The third-order valence-corrected chi connectivity index (χ3v) is 0. The molecular formula is F6O18P6U2. The van der Waals surface area contributed by atoms with Crippen molar-refractivity contribution in [3.63, 3.8) is 0 Å². The maximum Gasteiger partial charge on any atom is 6.00 e. The molecule has 0 aromatic rings. The van der Waals surface area contributed by atoms with E-state index in [0.29, 0.717) is 0 Å². The molecule has 0 aliphatic heterocycles. The van der Waals surface area contributed by atoms with E-state index in [2.05, 4.69) is 0 Å². The Kier molecular flexibility index (Phi) is 41.3. The summed E-state index contributed by atoms with van der Waals surface area (Å²) in [6.07, 6.45) is 0. The molecule has 0 atom stereocenters. The molecule has 0 heterocycles. The van der Waals surface area contributed by atoms with Crippen molar-refractivity contribution in [2.24, 2.45) is 0 Å². The van der Waals surface area contributed by atoms with Gasteiger partial charge in [-0.3, -0.25) is 0 Å². The van der Waals surface area contributed by atoms with Gasteiger partial charge in [-0.1, -0.05) is 0 Å². The van der Waals surface area contributed by atoms with E-state index in [0.717, 1.165) is 0 Å². The van der Waals surface area contributed by atoms with Gasteiger partial charge >= 0.3 is 62.2 Å². The molecule has 0 aliphatic carbocycles. The van der Waals surface area contributed by atoms with Gasteiger partial charge in [0.25, 0.3) is 0 Å². The van der Waals surface area contributed by atoms with Gasteiger partial charge < -0.3 is 86.1 Å². The number of halogens is 6. The van der Waals surface area contributed by atoms with Crippen molar-refractivity contribution in [1.82, 2.24) is 0 Å². The largest absolute Gasteiger partial charge is 6.00 e. The molecule has 0 saturated heterocycles. The minimum atomic E-state index is -5.64.